The summed E-state index contributed by atoms with van der Waals surface area (Å²) in [5.41, 5.74) is 7.20. The molecule has 7 heteroatoms. The highest BCUT2D eigenvalue weighted by Gasteiger charge is 2.54. The molecule has 0 amide bonds. The first kappa shape index (κ1) is 26.6. The van der Waals surface area contributed by atoms with Crippen LogP contribution in [0.5, 0.6) is 23.0 Å². The maximum Gasteiger partial charge on any atom is 0.342 e. The second-order valence-corrected chi connectivity index (χ2v) is 10.5. The minimum absolute atomic E-state index is 0.0194. The molecule has 0 atom stereocenters. The van der Waals surface area contributed by atoms with Crippen LogP contribution in [0.3, 0.4) is 0 Å². The smallest absolute Gasteiger partial charge is 0.342 e. The fourth-order valence-electron chi connectivity index (χ4n) is 5.79. The van der Waals surface area contributed by atoms with Gasteiger partial charge in [-0.3, -0.25) is 4.79 Å². The minimum Gasteiger partial charge on any atom is -0.508 e. The zero-order valence-electron chi connectivity index (χ0n) is 22.3. The van der Waals surface area contributed by atoms with Gasteiger partial charge in [0.2, 0.25) is 0 Å². The molecule has 0 radical (unpaired) electrons. The Morgan fingerprint density at radius 1 is 0.795 bits per heavy atom. The third kappa shape index (κ3) is 4.82. The van der Waals surface area contributed by atoms with Crippen LogP contribution in [0.1, 0.15) is 109 Å². The number of ether oxygens (including phenoxy) is 2. The molecule has 2 aliphatic heterocycles. The number of fused-ring (bicyclic) bond motifs is 6. The molecule has 4 N–H and O–H groups in total. The summed E-state index contributed by atoms with van der Waals surface area (Å²) in [6.07, 6.45) is 10.8. The maximum absolute atomic E-state index is 13.4. The predicted molar refractivity (Wildman–Crippen MR) is 149 cm³/mol. The fraction of sp³-hybridized carbons (Fsp3) is 0.375. The van der Waals surface area contributed by atoms with Crippen LogP contribution in [0.2, 0.25) is 0 Å². The quantitative estimate of drug-likeness (QED) is 0.103. The van der Waals surface area contributed by atoms with Crippen LogP contribution >= 0.6 is 0 Å². The number of ketones is 1. The lowest BCUT2D eigenvalue weighted by Crippen LogP contribution is -2.33. The fourth-order valence-corrected chi connectivity index (χ4v) is 5.79. The molecular formula is C32H35NO6. The average molecular weight is 530 g/mol. The van der Waals surface area contributed by atoms with Crippen molar-refractivity contribution in [2.75, 3.05) is 5.73 Å². The standard InChI is InChI=1S/C32H35NO6/c1-2-3-4-5-6-7-8-9-10-11-26(36)22-14-17-25-29(30(22)33)31(37)39-32(25)23-15-12-20(34)18-27(23)38-28-19-21(35)13-16-24(28)32/h12-19,34-35H,2-11,33H2,1H3. The van der Waals surface area contributed by atoms with Gasteiger partial charge in [-0.25, -0.2) is 4.79 Å². The van der Waals surface area contributed by atoms with Crippen LogP contribution in [-0.4, -0.2) is 22.0 Å². The van der Waals surface area contributed by atoms with Crippen molar-refractivity contribution in [3.05, 3.63) is 76.3 Å². The van der Waals surface area contributed by atoms with Gasteiger partial charge in [-0.05, 0) is 36.8 Å². The number of anilines is 1. The second-order valence-electron chi connectivity index (χ2n) is 10.5. The van der Waals surface area contributed by atoms with E-state index in [4.69, 9.17) is 15.2 Å². The Kier molecular flexibility index (Phi) is 7.51. The summed E-state index contributed by atoms with van der Waals surface area (Å²) in [5.74, 6) is -0.187. The molecule has 0 unspecified atom stereocenters. The van der Waals surface area contributed by atoms with E-state index in [0.717, 1.165) is 19.3 Å². The molecule has 5 rings (SSSR count). The van der Waals surface area contributed by atoms with Crippen LogP contribution < -0.4 is 10.5 Å². The first-order valence-corrected chi connectivity index (χ1v) is 13.9. The largest absolute Gasteiger partial charge is 0.508 e. The molecule has 39 heavy (non-hydrogen) atoms. The van der Waals surface area contributed by atoms with Gasteiger partial charge in [-0.1, -0.05) is 64.4 Å². The van der Waals surface area contributed by atoms with Gasteiger partial charge in [0.15, 0.2) is 11.4 Å². The lowest BCUT2D eigenvalue weighted by Gasteiger charge is -2.36. The zero-order valence-corrected chi connectivity index (χ0v) is 22.3. The van der Waals surface area contributed by atoms with Gasteiger partial charge < -0.3 is 25.4 Å². The number of aromatic hydroxyl groups is 2. The monoisotopic (exact) mass is 529 g/mol. The van der Waals surface area contributed by atoms with E-state index >= 15 is 0 Å². The number of unbranched alkanes of at least 4 members (excludes halogenated alkanes) is 8. The number of benzene rings is 3. The second kappa shape index (κ2) is 11.0. The average Bonchev–Trinajstić information content (AvgIpc) is 3.20. The molecule has 0 saturated heterocycles. The summed E-state index contributed by atoms with van der Waals surface area (Å²) in [5, 5.41) is 20.2. The van der Waals surface area contributed by atoms with E-state index in [1.807, 2.05) is 0 Å². The molecular weight excluding hydrogens is 494 g/mol. The van der Waals surface area contributed by atoms with Gasteiger partial charge in [-0.15, -0.1) is 0 Å². The van der Waals surface area contributed by atoms with Crippen LogP contribution in [-0.2, 0) is 10.3 Å². The Balaban J connectivity index is 1.40. The van der Waals surface area contributed by atoms with E-state index in [0.29, 0.717) is 28.7 Å². The van der Waals surface area contributed by atoms with Gasteiger partial charge in [0.25, 0.3) is 0 Å². The Labute approximate surface area is 228 Å². The summed E-state index contributed by atoms with van der Waals surface area (Å²) in [7, 11) is 0. The number of rotatable bonds is 11. The molecule has 0 bridgehead atoms. The van der Waals surface area contributed by atoms with Crippen molar-refractivity contribution in [3.8, 4) is 23.0 Å². The van der Waals surface area contributed by atoms with Gasteiger partial charge in [-0.2, -0.15) is 0 Å². The highest BCUT2D eigenvalue weighted by Crippen LogP contribution is 2.57. The van der Waals surface area contributed by atoms with Crippen molar-refractivity contribution in [3.63, 3.8) is 0 Å². The van der Waals surface area contributed by atoms with E-state index in [-0.39, 0.29) is 40.0 Å². The maximum atomic E-state index is 13.4. The molecule has 2 aliphatic rings. The lowest BCUT2D eigenvalue weighted by atomic mass is 9.77. The van der Waals surface area contributed by atoms with E-state index in [9.17, 15) is 19.8 Å². The number of nitrogen functional groups attached to an aromatic ring is 1. The summed E-state index contributed by atoms with van der Waals surface area (Å²) in [6.45, 7) is 2.22. The van der Waals surface area contributed by atoms with Gasteiger partial charge in [0, 0.05) is 40.8 Å². The number of carbonyl (C=O) groups excluding carboxylic acids is 2. The van der Waals surface area contributed by atoms with E-state index in [1.165, 1.54) is 62.8 Å². The number of phenolic OH excluding ortho intramolecular Hbond substituents is 2. The van der Waals surface area contributed by atoms with Crippen molar-refractivity contribution in [1.29, 1.82) is 0 Å². The zero-order chi connectivity index (χ0) is 27.6. The molecule has 204 valence electrons. The first-order valence-electron chi connectivity index (χ1n) is 13.9. The number of phenols is 2. The highest BCUT2D eigenvalue weighted by atomic mass is 16.6. The highest BCUT2D eigenvalue weighted by molar-refractivity contribution is 6.09. The molecule has 2 heterocycles. The summed E-state index contributed by atoms with van der Waals surface area (Å²) in [4.78, 5) is 26.5. The SMILES string of the molecule is CCCCCCCCCCCC(=O)c1ccc2c(c1N)C(=O)OC21c2ccc(O)cc2Oc2cc(O)ccc21. The van der Waals surface area contributed by atoms with Crippen molar-refractivity contribution in [2.24, 2.45) is 0 Å². The van der Waals surface area contributed by atoms with Crippen LogP contribution in [0, 0.1) is 0 Å². The number of carbonyl (C=O) groups is 2. The third-order valence-corrected chi connectivity index (χ3v) is 7.79. The molecule has 0 aliphatic carbocycles. The van der Waals surface area contributed by atoms with Gasteiger partial charge in [0.05, 0.1) is 11.3 Å². The molecule has 1 spiro atoms. The summed E-state index contributed by atoms with van der Waals surface area (Å²) < 4.78 is 12.1. The molecule has 0 fully saturated rings. The molecule has 3 aromatic rings. The predicted octanol–water partition coefficient (Wildman–Crippen LogP) is 7.35. The minimum atomic E-state index is -1.40. The van der Waals surface area contributed by atoms with Gasteiger partial charge >= 0.3 is 5.97 Å². The molecule has 0 saturated carbocycles. The molecule has 3 aromatic carbocycles. The van der Waals surface area contributed by atoms with Crippen LogP contribution in [0.15, 0.2) is 48.5 Å². The third-order valence-electron chi connectivity index (χ3n) is 7.79. The topological polar surface area (TPSA) is 119 Å². The normalized spacial score (nSPS) is 14.3. The molecule has 7 nitrogen and oxygen atoms in total. The van der Waals surface area contributed by atoms with Crippen molar-refractivity contribution >= 4 is 17.4 Å². The van der Waals surface area contributed by atoms with Crippen molar-refractivity contribution < 1.29 is 29.3 Å². The molecule has 0 aromatic heterocycles. The van der Waals surface area contributed by atoms with E-state index in [1.54, 1.807) is 24.3 Å². The van der Waals surface area contributed by atoms with E-state index < -0.39 is 11.6 Å². The van der Waals surface area contributed by atoms with Crippen LogP contribution in [0.25, 0.3) is 0 Å². The summed E-state index contributed by atoms with van der Waals surface area (Å²) in [6, 6.07) is 12.5. The van der Waals surface area contributed by atoms with Crippen molar-refractivity contribution in [2.45, 2.75) is 76.7 Å². The Morgan fingerprint density at radius 2 is 1.33 bits per heavy atom. The number of hydrogen-bond acceptors (Lipinski definition) is 7. The van der Waals surface area contributed by atoms with E-state index in [2.05, 4.69) is 6.92 Å². The number of hydrogen-bond donors (Lipinski definition) is 3. The first-order chi connectivity index (χ1) is 18.9. The Bertz CT molecular complexity index is 1360. The Morgan fingerprint density at radius 3 is 1.92 bits per heavy atom. The number of Topliss-reactive ketones (excluding diaryl/α,β-unsaturated/α-hetero) is 1. The summed E-state index contributed by atoms with van der Waals surface area (Å²) >= 11 is 0. The Hall–Kier alpha value is -4.00. The van der Waals surface area contributed by atoms with Gasteiger partial charge in [0.1, 0.15) is 23.0 Å². The lowest BCUT2D eigenvalue weighted by molar-refractivity contribution is 0.0224. The van der Waals surface area contributed by atoms with Crippen molar-refractivity contribution in [1.82, 2.24) is 0 Å². The van der Waals surface area contributed by atoms with Crippen LogP contribution in [0.4, 0.5) is 5.69 Å². The number of esters is 1. The number of nitrogens with two attached hydrogens (primary N) is 1.